The fourth-order valence-corrected chi connectivity index (χ4v) is 3.78. The number of carbonyl (C=O) groups excluding carboxylic acids is 1. The average molecular weight is 407 g/mol. The molecule has 4 rings (SSSR count). The molecular weight excluding hydrogens is 386 g/mol. The molecule has 0 spiro atoms. The highest BCUT2D eigenvalue weighted by atomic mass is 32.1. The maximum atomic E-state index is 12.5. The Hall–Kier alpha value is -3.26. The first kappa shape index (κ1) is 19.1. The van der Waals surface area contributed by atoms with Crippen molar-refractivity contribution in [2.75, 3.05) is 12.4 Å². The fraction of sp³-hybridized carbons (Fsp3) is 0.238. The number of benzene rings is 2. The number of rotatable bonds is 5. The number of anilines is 1. The number of fused-ring (bicyclic) bond motifs is 1. The summed E-state index contributed by atoms with van der Waals surface area (Å²) in [4.78, 5) is 23.1. The highest BCUT2D eigenvalue weighted by Crippen LogP contribution is 2.24. The Morgan fingerprint density at radius 1 is 1.14 bits per heavy atom. The molecule has 8 heteroatoms. The third-order valence-electron chi connectivity index (χ3n) is 4.40. The molecule has 0 fully saturated rings. The van der Waals surface area contributed by atoms with E-state index in [4.69, 9.17) is 4.52 Å². The van der Waals surface area contributed by atoms with Crippen molar-refractivity contribution >= 4 is 33.3 Å². The number of nitrogens with zero attached hydrogens (tertiary/aromatic N) is 4. The molecule has 0 aliphatic carbocycles. The summed E-state index contributed by atoms with van der Waals surface area (Å²) < 4.78 is 6.42. The van der Waals surface area contributed by atoms with Gasteiger partial charge in [-0.15, -0.1) is 11.3 Å². The summed E-state index contributed by atoms with van der Waals surface area (Å²) in [6.07, 6.45) is 0. The minimum Gasteiger partial charge on any atom is -0.334 e. The number of nitrogens with one attached hydrogen (secondary N) is 1. The van der Waals surface area contributed by atoms with Crippen LogP contribution in [0.2, 0.25) is 0 Å². The quantitative estimate of drug-likeness (QED) is 0.495. The van der Waals surface area contributed by atoms with E-state index in [-0.39, 0.29) is 11.9 Å². The van der Waals surface area contributed by atoms with Crippen LogP contribution in [0.5, 0.6) is 0 Å². The molecule has 0 aliphatic heterocycles. The van der Waals surface area contributed by atoms with Crippen molar-refractivity contribution in [2.24, 2.45) is 0 Å². The first-order valence-electron chi connectivity index (χ1n) is 9.30. The van der Waals surface area contributed by atoms with Gasteiger partial charge in [0.2, 0.25) is 0 Å². The van der Waals surface area contributed by atoms with E-state index in [1.807, 2.05) is 62.4 Å². The lowest BCUT2D eigenvalue weighted by molar-refractivity contribution is 0.220. The van der Waals surface area contributed by atoms with Crippen LogP contribution in [-0.4, -0.2) is 33.1 Å². The monoisotopic (exact) mass is 407 g/mol. The molecule has 0 saturated heterocycles. The van der Waals surface area contributed by atoms with Crippen molar-refractivity contribution in [3.05, 3.63) is 59.4 Å². The predicted molar refractivity (Wildman–Crippen MR) is 114 cm³/mol. The highest BCUT2D eigenvalue weighted by Gasteiger charge is 2.14. The van der Waals surface area contributed by atoms with Crippen molar-refractivity contribution in [3.8, 4) is 11.5 Å². The molecule has 148 valence electrons. The molecule has 2 aromatic heterocycles. The molecule has 2 aromatic carbocycles. The minimum absolute atomic E-state index is 0.197. The summed E-state index contributed by atoms with van der Waals surface area (Å²) >= 11 is 1.60. The first-order valence-corrected chi connectivity index (χ1v) is 10.1. The summed E-state index contributed by atoms with van der Waals surface area (Å²) in [6, 6.07) is 15.1. The topological polar surface area (TPSA) is 84.2 Å². The largest absolute Gasteiger partial charge is 0.334 e. The molecule has 0 bridgehead atoms. The summed E-state index contributed by atoms with van der Waals surface area (Å²) in [6.45, 7) is 4.47. The van der Waals surface area contributed by atoms with Crippen molar-refractivity contribution in [1.82, 2.24) is 20.0 Å². The van der Waals surface area contributed by atoms with Gasteiger partial charge in [-0.3, -0.25) is 0 Å². The SMILES string of the molecule is CC(C)c1noc(-c2ccc(NC(=O)N(C)Cc3nc4ccccc4s3)cc2)n1. The van der Waals surface area contributed by atoms with Crippen LogP contribution in [0.4, 0.5) is 10.5 Å². The molecule has 4 aromatic rings. The Labute approximate surface area is 172 Å². The molecule has 29 heavy (non-hydrogen) atoms. The van der Waals surface area contributed by atoms with Gasteiger partial charge in [-0.1, -0.05) is 31.1 Å². The predicted octanol–water partition coefficient (Wildman–Crippen LogP) is 5.13. The number of carbonyl (C=O) groups is 1. The van der Waals surface area contributed by atoms with Gasteiger partial charge in [0.15, 0.2) is 5.82 Å². The number of para-hydroxylation sites is 1. The Morgan fingerprint density at radius 2 is 1.90 bits per heavy atom. The minimum atomic E-state index is -0.197. The highest BCUT2D eigenvalue weighted by molar-refractivity contribution is 7.18. The average Bonchev–Trinajstić information content (AvgIpc) is 3.35. The number of aromatic nitrogens is 3. The third-order valence-corrected chi connectivity index (χ3v) is 5.42. The Balaban J connectivity index is 1.39. The van der Waals surface area contributed by atoms with Crippen LogP contribution in [0.25, 0.3) is 21.7 Å². The number of hydrogen-bond acceptors (Lipinski definition) is 6. The summed E-state index contributed by atoms with van der Waals surface area (Å²) in [5.74, 6) is 1.35. The van der Waals surface area contributed by atoms with Gasteiger partial charge in [-0.05, 0) is 36.4 Å². The second kappa shape index (κ2) is 8.00. The second-order valence-corrected chi connectivity index (χ2v) is 8.17. The Kier molecular flexibility index (Phi) is 5.26. The van der Waals surface area contributed by atoms with E-state index in [0.717, 1.165) is 20.8 Å². The first-order chi connectivity index (χ1) is 14.0. The fourth-order valence-electron chi connectivity index (χ4n) is 2.76. The Bertz CT molecular complexity index is 1100. The summed E-state index contributed by atoms with van der Waals surface area (Å²) in [5, 5.41) is 7.77. The van der Waals surface area contributed by atoms with E-state index >= 15 is 0 Å². The van der Waals surface area contributed by atoms with Gasteiger partial charge in [-0.2, -0.15) is 4.98 Å². The molecule has 0 radical (unpaired) electrons. The van der Waals surface area contributed by atoms with E-state index in [2.05, 4.69) is 20.4 Å². The number of urea groups is 1. The molecule has 0 saturated carbocycles. The van der Waals surface area contributed by atoms with Crippen LogP contribution in [0, 0.1) is 0 Å². The van der Waals surface area contributed by atoms with Crippen molar-refractivity contribution in [1.29, 1.82) is 0 Å². The third kappa shape index (κ3) is 4.27. The number of hydrogen-bond donors (Lipinski definition) is 1. The van der Waals surface area contributed by atoms with Crippen molar-refractivity contribution < 1.29 is 9.32 Å². The second-order valence-electron chi connectivity index (χ2n) is 7.05. The van der Waals surface area contributed by atoms with Crippen LogP contribution in [0.1, 0.15) is 30.6 Å². The van der Waals surface area contributed by atoms with Gasteiger partial charge < -0.3 is 14.7 Å². The van der Waals surface area contributed by atoms with Crippen LogP contribution in [0.15, 0.2) is 53.1 Å². The van der Waals surface area contributed by atoms with E-state index in [9.17, 15) is 4.79 Å². The molecule has 7 nitrogen and oxygen atoms in total. The number of amides is 2. The zero-order valence-corrected chi connectivity index (χ0v) is 17.2. The Morgan fingerprint density at radius 3 is 2.59 bits per heavy atom. The summed E-state index contributed by atoms with van der Waals surface area (Å²) in [7, 11) is 1.75. The summed E-state index contributed by atoms with van der Waals surface area (Å²) in [5.41, 5.74) is 2.46. The molecule has 0 aliphatic rings. The van der Waals surface area contributed by atoms with Crippen molar-refractivity contribution in [3.63, 3.8) is 0 Å². The molecule has 0 atom stereocenters. The number of thiazole rings is 1. The smallest absolute Gasteiger partial charge is 0.321 e. The molecule has 2 amide bonds. The lowest BCUT2D eigenvalue weighted by Crippen LogP contribution is -2.30. The van der Waals surface area contributed by atoms with Crippen molar-refractivity contribution in [2.45, 2.75) is 26.3 Å². The maximum Gasteiger partial charge on any atom is 0.321 e. The van der Waals surface area contributed by atoms with E-state index in [1.54, 1.807) is 23.3 Å². The maximum absolute atomic E-state index is 12.5. The van der Waals surface area contributed by atoms with Crippen LogP contribution in [0.3, 0.4) is 0 Å². The van der Waals surface area contributed by atoms with Gasteiger partial charge in [0.25, 0.3) is 5.89 Å². The van der Waals surface area contributed by atoms with Gasteiger partial charge in [-0.25, -0.2) is 9.78 Å². The lowest BCUT2D eigenvalue weighted by Gasteiger charge is -2.16. The van der Waals surface area contributed by atoms with E-state index < -0.39 is 0 Å². The molecule has 2 heterocycles. The van der Waals surface area contributed by atoms with E-state index in [1.165, 1.54) is 0 Å². The van der Waals surface area contributed by atoms with E-state index in [0.29, 0.717) is 23.9 Å². The molecule has 0 unspecified atom stereocenters. The van der Waals surface area contributed by atoms with Gasteiger partial charge in [0, 0.05) is 24.2 Å². The molecular formula is C21H21N5O2S. The van der Waals surface area contributed by atoms with Crippen LogP contribution in [-0.2, 0) is 6.54 Å². The standard InChI is InChI=1S/C21H21N5O2S/c1-13(2)19-24-20(28-25-19)14-8-10-15(11-9-14)22-21(27)26(3)12-18-23-16-6-4-5-7-17(16)29-18/h4-11,13H,12H2,1-3H3,(H,22,27). The van der Waals surface area contributed by atoms with Crippen LogP contribution >= 0.6 is 11.3 Å². The van der Waals surface area contributed by atoms with Gasteiger partial charge in [0.1, 0.15) is 5.01 Å². The van der Waals surface area contributed by atoms with Gasteiger partial charge >= 0.3 is 6.03 Å². The zero-order chi connectivity index (χ0) is 20.4. The normalized spacial score (nSPS) is 11.2. The van der Waals surface area contributed by atoms with Crippen LogP contribution < -0.4 is 5.32 Å². The lowest BCUT2D eigenvalue weighted by atomic mass is 10.2. The molecule has 1 N–H and O–H groups in total. The zero-order valence-electron chi connectivity index (χ0n) is 16.4. The van der Waals surface area contributed by atoms with Gasteiger partial charge in [0.05, 0.1) is 16.8 Å².